The van der Waals surface area contributed by atoms with Crippen LogP contribution in [0.3, 0.4) is 0 Å². The Morgan fingerprint density at radius 2 is 1.89 bits per heavy atom. The molecule has 0 saturated heterocycles. The smallest absolute Gasteiger partial charge is 0.317 e. The van der Waals surface area contributed by atoms with Crippen molar-refractivity contribution in [2.45, 2.75) is 57.4 Å². The van der Waals surface area contributed by atoms with Gasteiger partial charge in [0, 0.05) is 13.6 Å². The highest BCUT2D eigenvalue weighted by atomic mass is 16.4. The zero-order valence-corrected chi connectivity index (χ0v) is 11.4. The number of carbonyl (C=O) groups is 2. The van der Waals surface area contributed by atoms with Gasteiger partial charge in [-0.05, 0) is 19.3 Å². The Morgan fingerprint density at radius 3 is 2.39 bits per heavy atom. The van der Waals surface area contributed by atoms with Crippen LogP contribution in [0.1, 0.15) is 51.9 Å². The fraction of sp³-hybridized carbons (Fsp3) is 0.846. The Labute approximate surface area is 109 Å². The Kier molecular flexibility index (Phi) is 5.44. The first-order valence-electron chi connectivity index (χ1n) is 6.74. The standard InChI is InChI=1S/C13H24N2O3/c1-3-9-15(2)12(18)14-13(10-11(16)17)7-5-4-6-8-13/h3-10H2,1-2H3,(H,14,18)(H,16,17). The van der Waals surface area contributed by atoms with Gasteiger partial charge in [-0.3, -0.25) is 4.79 Å². The van der Waals surface area contributed by atoms with Crippen molar-refractivity contribution < 1.29 is 14.7 Å². The van der Waals surface area contributed by atoms with Crippen LogP contribution in [0.4, 0.5) is 4.79 Å². The van der Waals surface area contributed by atoms with E-state index in [1.807, 2.05) is 6.92 Å². The molecule has 0 atom stereocenters. The van der Waals surface area contributed by atoms with Crippen molar-refractivity contribution in [3.63, 3.8) is 0 Å². The lowest BCUT2D eigenvalue weighted by molar-refractivity contribution is -0.139. The molecule has 0 aromatic rings. The number of hydrogen-bond donors (Lipinski definition) is 2. The molecule has 0 bridgehead atoms. The van der Waals surface area contributed by atoms with Crippen LogP contribution in [0.2, 0.25) is 0 Å². The molecule has 1 saturated carbocycles. The predicted octanol–water partition coefficient (Wildman–Crippen LogP) is 2.22. The second-order valence-corrected chi connectivity index (χ2v) is 5.26. The molecule has 104 valence electrons. The normalized spacial score (nSPS) is 18.1. The molecule has 0 heterocycles. The van der Waals surface area contributed by atoms with Crippen molar-refractivity contribution in [3.05, 3.63) is 0 Å². The second kappa shape index (κ2) is 6.61. The van der Waals surface area contributed by atoms with E-state index in [1.165, 1.54) is 0 Å². The molecule has 0 unspecified atom stereocenters. The van der Waals surface area contributed by atoms with Crippen LogP contribution in [0.15, 0.2) is 0 Å². The molecular formula is C13H24N2O3. The molecule has 1 fully saturated rings. The highest BCUT2D eigenvalue weighted by Crippen LogP contribution is 2.31. The summed E-state index contributed by atoms with van der Waals surface area (Å²) in [5.74, 6) is -0.838. The summed E-state index contributed by atoms with van der Waals surface area (Å²) in [4.78, 5) is 24.6. The third-order valence-corrected chi connectivity index (χ3v) is 3.58. The summed E-state index contributed by atoms with van der Waals surface area (Å²) >= 11 is 0. The van der Waals surface area contributed by atoms with Gasteiger partial charge in [0.05, 0.1) is 12.0 Å². The minimum atomic E-state index is -0.838. The number of nitrogens with one attached hydrogen (secondary N) is 1. The molecule has 0 radical (unpaired) electrons. The quantitative estimate of drug-likeness (QED) is 0.792. The van der Waals surface area contributed by atoms with E-state index in [1.54, 1.807) is 11.9 Å². The third-order valence-electron chi connectivity index (χ3n) is 3.58. The van der Waals surface area contributed by atoms with Gasteiger partial charge in [0.1, 0.15) is 0 Å². The molecule has 0 spiro atoms. The topological polar surface area (TPSA) is 69.6 Å². The van der Waals surface area contributed by atoms with Crippen LogP contribution in [-0.2, 0) is 4.79 Å². The fourth-order valence-electron chi connectivity index (χ4n) is 2.62. The van der Waals surface area contributed by atoms with Gasteiger partial charge in [-0.25, -0.2) is 4.79 Å². The number of urea groups is 1. The summed E-state index contributed by atoms with van der Waals surface area (Å²) in [6, 6.07) is -0.153. The lowest BCUT2D eigenvalue weighted by atomic mass is 9.79. The predicted molar refractivity (Wildman–Crippen MR) is 69.5 cm³/mol. The van der Waals surface area contributed by atoms with E-state index in [4.69, 9.17) is 5.11 Å². The number of amides is 2. The maximum Gasteiger partial charge on any atom is 0.317 e. The zero-order chi connectivity index (χ0) is 13.6. The van der Waals surface area contributed by atoms with Gasteiger partial charge in [-0.15, -0.1) is 0 Å². The van der Waals surface area contributed by atoms with Crippen LogP contribution in [0.25, 0.3) is 0 Å². The van der Waals surface area contributed by atoms with Crippen molar-refractivity contribution in [3.8, 4) is 0 Å². The first-order chi connectivity index (χ1) is 8.49. The maximum atomic E-state index is 12.0. The lowest BCUT2D eigenvalue weighted by Crippen LogP contribution is -2.54. The van der Waals surface area contributed by atoms with Crippen molar-refractivity contribution in [2.75, 3.05) is 13.6 Å². The molecule has 5 heteroatoms. The Morgan fingerprint density at radius 1 is 1.28 bits per heavy atom. The monoisotopic (exact) mass is 256 g/mol. The Bertz CT molecular complexity index is 299. The summed E-state index contributed by atoms with van der Waals surface area (Å²) in [6.07, 6.45) is 5.57. The Balaban J connectivity index is 2.66. The van der Waals surface area contributed by atoms with Crippen molar-refractivity contribution in [1.82, 2.24) is 10.2 Å². The minimum absolute atomic E-state index is 0.0265. The minimum Gasteiger partial charge on any atom is -0.481 e. The van der Waals surface area contributed by atoms with Gasteiger partial charge in [-0.1, -0.05) is 26.2 Å². The number of hydrogen-bond acceptors (Lipinski definition) is 2. The van der Waals surface area contributed by atoms with Crippen LogP contribution in [0, 0.1) is 0 Å². The number of nitrogens with zero attached hydrogens (tertiary/aromatic N) is 1. The van der Waals surface area contributed by atoms with Gasteiger partial charge in [0.2, 0.25) is 0 Å². The van der Waals surface area contributed by atoms with E-state index >= 15 is 0 Å². The zero-order valence-electron chi connectivity index (χ0n) is 11.4. The summed E-state index contributed by atoms with van der Waals surface area (Å²) < 4.78 is 0. The highest BCUT2D eigenvalue weighted by molar-refractivity contribution is 5.76. The molecule has 2 N–H and O–H groups in total. The average Bonchev–Trinajstić information content (AvgIpc) is 2.29. The molecule has 1 aliphatic carbocycles. The largest absolute Gasteiger partial charge is 0.481 e. The fourth-order valence-corrected chi connectivity index (χ4v) is 2.62. The molecule has 5 nitrogen and oxygen atoms in total. The third kappa shape index (κ3) is 4.20. The van der Waals surface area contributed by atoms with E-state index in [0.29, 0.717) is 6.54 Å². The van der Waals surface area contributed by atoms with Crippen molar-refractivity contribution in [1.29, 1.82) is 0 Å². The van der Waals surface area contributed by atoms with Crippen molar-refractivity contribution in [2.24, 2.45) is 0 Å². The first-order valence-corrected chi connectivity index (χ1v) is 6.74. The van der Waals surface area contributed by atoms with Crippen molar-refractivity contribution >= 4 is 12.0 Å². The number of carboxylic acid groups (broad SMARTS) is 1. The molecule has 2 amide bonds. The maximum absolute atomic E-state index is 12.0. The van der Waals surface area contributed by atoms with Gasteiger partial charge < -0.3 is 15.3 Å². The van der Waals surface area contributed by atoms with Gasteiger partial charge in [0.15, 0.2) is 0 Å². The van der Waals surface area contributed by atoms with E-state index in [0.717, 1.165) is 38.5 Å². The summed E-state index contributed by atoms with van der Waals surface area (Å²) in [7, 11) is 1.75. The number of aliphatic carboxylic acids is 1. The number of carboxylic acids is 1. The molecular weight excluding hydrogens is 232 g/mol. The van der Waals surface area contributed by atoms with Gasteiger partial charge in [0.25, 0.3) is 0 Å². The van der Waals surface area contributed by atoms with Crippen LogP contribution in [0.5, 0.6) is 0 Å². The highest BCUT2D eigenvalue weighted by Gasteiger charge is 2.36. The number of carbonyl (C=O) groups excluding carboxylic acids is 1. The summed E-state index contributed by atoms with van der Waals surface area (Å²) in [5, 5.41) is 12.0. The van der Waals surface area contributed by atoms with E-state index in [2.05, 4.69) is 5.32 Å². The van der Waals surface area contributed by atoms with Gasteiger partial charge >= 0.3 is 12.0 Å². The first kappa shape index (κ1) is 14.8. The van der Waals surface area contributed by atoms with E-state index < -0.39 is 11.5 Å². The second-order valence-electron chi connectivity index (χ2n) is 5.26. The lowest BCUT2D eigenvalue weighted by Gasteiger charge is -2.38. The molecule has 1 rings (SSSR count). The number of rotatable bonds is 5. The van der Waals surface area contributed by atoms with Gasteiger partial charge in [-0.2, -0.15) is 0 Å². The van der Waals surface area contributed by atoms with Crippen LogP contribution >= 0.6 is 0 Å². The molecule has 1 aliphatic rings. The van der Waals surface area contributed by atoms with Crippen LogP contribution in [-0.4, -0.2) is 41.1 Å². The van der Waals surface area contributed by atoms with E-state index in [9.17, 15) is 9.59 Å². The molecule has 18 heavy (non-hydrogen) atoms. The molecule has 0 aromatic heterocycles. The summed E-state index contributed by atoms with van der Waals surface area (Å²) in [6.45, 7) is 2.70. The van der Waals surface area contributed by atoms with Crippen LogP contribution < -0.4 is 5.32 Å². The molecule has 0 aliphatic heterocycles. The average molecular weight is 256 g/mol. The van der Waals surface area contributed by atoms with E-state index in [-0.39, 0.29) is 12.5 Å². The Hall–Kier alpha value is -1.26. The SMILES string of the molecule is CCCN(C)C(=O)NC1(CC(=O)O)CCCCC1. The summed E-state index contributed by atoms with van der Waals surface area (Å²) in [5.41, 5.74) is -0.539. The molecule has 0 aromatic carbocycles.